The molecule has 0 saturated heterocycles. The minimum atomic E-state index is -3.76. The molecule has 59 valence electrons. The Balaban J connectivity index is 2.47. The Kier molecular flexibility index (Phi) is 2.50. The van der Waals surface area contributed by atoms with Crippen molar-refractivity contribution in [2.24, 2.45) is 0 Å². The van der Waals surface area contributed by atoms with Gasteiger partial charge in [0.1, 0.15) is 0 Å². The van der Waals surface area contributed by atoms with E-state index in [9.17, 15) is 4.57 Å². The van der Waals surface area contributed by atoms with Crippen molar-refractivity contribution in [1.29, 1.82) is 0 Å². The number of rotatable bonds is 1. The summed E-state index contributed by atoms with van der Waals surface area (Å²) < 4.78 is 10.7. The lowest BCUT2D eigenvalue weighted by Gasteiger charge is -2.21. The average Bonchev–Trinajstić information content (AvgIpc) is 1.88. The van der Waals surface area contributed by atoms with Crippen LogP contribution in [-0.4, -0.2) is 15.4 Å². The zero-order chi connectivity index (χ0) is 7.61. The maximum absolute atomic E-state index is 10.7. The molecule has 4 heteroatoms. The zero-order valence-electron chi connectivity index (χ0n) is 5.73. The van der Waals surface area contributed by atoms with E-state index in [-0.39, 0.29) is 5.66 Å². The minimum Gasteiger partial charge on any atom is -0.324 e. The van der Waals surface area contributed by atoms with E-state index in [2.05, 4.69) is 6.42 Å². The van der Waals surface area contributed by atoms with Gasteiger partial charge >= 0.3 is 7.60 Å². The smallest absolute Gasteiger partial charge is 0.324 e. The third-order valence-electron chi connectivity index (χ3n) is 1.88. The first-order chi connectivity index (χ1) is 4.61. The molecule has 0 bridgehead atoms. The summed E-state index contributed by atoms with van der Waals surface area (Å²) in [5.41, 5.74) is -0.363. The molecule has 0 aliphatic heterocycles. The van der Waals surface area contributed by atoms with Crippen LogP contribution in [-0.2, 0) is 4.57 Å². The van der Waals surface area contributed by atoms with Crippen LogP contribution < -0.4 is 0 Å². The van der Waals surface area contributed by atoms with Gasteiger partial charge in [0.05, 0.1) is 5.66 Å². The van der Waals surface area contributed by atoms with Crippen molar-refractivity contribution >= 4 is 7.60 Å². The van der Waals surface area contributed by atoms with Gasteiger partial charge in [-0.15, -0.1) is 0 Å². The molecule has 1 rings (SSSR count). The van der Waals surface area contributed by atoms with Gasteiger partial charge in [-0.05, 0) is 32.1 Å². The molecular formula is C6H12O3P. The van der Waals surface area contributed by atoms with Crippen LogP contribution >= 0.6 is 7.60 Å². The van der Waals surface area contributed by atoms with Gasteiger partial charge in [-0.2, -0.15) is 0 Å². The van der Waals surface area contributed by atoms with Crippen molar-refractivity contribution in [3.8, 4) is 0 Å². The van der Waals surface area contributed by atoms with Crippen molar-refractivity contribution in [2.75, 3.05) is 0 Å². The highest BCUT2D eigenvalue weighted by molar-refractivity contribution is 7.52. The fourth-order valence-corrected chi connectivity index (χ4v) is 2.22. The number of hydrogen-bond donors (Lipinski definition) is 2. The first-order valence-electron chi connectivity index (χ1n) is 3.47. The summed E-state index contributed by atoms with van der Waals surface area (Å²) in [5, 5.41) is 0. The van der Waals surface area contributed by atoms with Crippen molar-refractivity contribution in [3.63, 3.8) is 0 Å². The van der Waals surface area contributed by atoms with Crippen LogP contribution in [0.3, 0.4) is 0 Å². The highest BCUT2D eigenvalue weighted by Gasteiger charge is 2.29. The summed E-state index contributed by atoms with van der Waals surface area (Å²) in [6, 6.07) is 0. The second-order valence-corrected chi connectivity index (χ2v) is 4.59. The third-order valence-corrected chi connectivity index (χ3v) is 3.35. The van der Waals surface area contributed by atoms with Crippen molar-refractivity contribution in [3.05, 3.63) is 6.42 Å². The van der Waals surface area contributed by atoms with Crippen molar-refractivity contribution < 1.29 is 14.4 Å². The molecule has 0 unspecified atom stereocenters. The first kappa shape index (κ1) is 8.25. The highest BCUT2D eigenvalue weighted by atomic mass is 31.2. The monoisotopic (exact) mass is 163 g/mol. The van der Waals surface area contributed by atoms with E-state index in [0.29, 0.717) is 12.8 Å². The van der Waals surface area contributed by atoms with E-state index < -0.39 is 7.60 Å². The highest BCUT2D eigenvalue weighted by Crippen LogP contribution is 2.47. The van der Waals surface area contributed by atoms with Crippen LogP contribution in [0.5, 0.6) is 0 Å². The second kappa shape index (κ2) is 3.04. The Morgan fingerprint density at radius 2 is 1.80 bits per heavy atom. The summed E-state index contributed by atoms with van der Waals surface area (Å²) in [6.07, 6.45) is 5.12. The summed E-state index contributed by atoms with van der Waals surface area (Å²) >= 11 is 0. The Morgan fingerprint density at radius 1 is 1.30 bits per heavy atom. The molecule has 0 amide bonds. The fourth-order valence-electron chi connectivity index (χ4n) is 1.25. The van der Waals surface area contributed by atoms with Gasteiger partial charge in [-0.3, -0.25) is 4.57 Å². The van der Waals surface area contributed by atoms with E-state index in [1.165, 1.54) is 0 Å². The minimum absolute atomic E-state index is 0.363. The largest absolute Gasteiger partial charge is 0.328 e. The van der Waals surface area contributed by atoms with Gasteiger partial charge in [0.2, 0.25) is 0 Å². The van der Waals surface area contributed by atoms with Crippen LogP contribution in [0.15, 0.2) is 0 Å². The van der Waals surface area contributed by atoms with Crippen LogP contribution in [0, 0.1) is 6.42 Å². The molecule has 0 aromatic rings. The molecule has 1 aliphatic rings. The standard InChI is InChI=1S/C6H12O3P/c7-10(8,9)6-4-2-1-3-5-6/h1,6H,2-5H2,(H2,7,8,9). The lowest BCUT2D eigenvalue weighted by Crippen LogP contribution is -2.12. The Labute approximate surface area is 60.6 Å². The van der Waals surface area contributed by atoms with Gasteiger partial charge < -0.3 is 9.79 Å². The molecule has 0 atom stereocenters. The van der Waals surface area contributed by atoms with E-state index >= 15 is 0 Å². The zero-order valence-corrected chi connectivity index (χ0v) is 6.63. The lowest BCUT2D eigenvalue weighted by molar-refractivity contribution is 0.345. The van der Waals surface area contributed by atoms with Gasteiger partial charge in [0, 0.05) is 0 Å². The summed E-state index contributed by atoms with van der Waals surface area (Å²) in [7, 11) is -3.76. The van der Waals surface area contributed by atoms with E-state index in [0.717, 1.165) is 12.8 Å². The molecule has 1 fully saturated rings. The van der Waals surface area contributed by atoms with Gasteiger partial charge in [-0.1, -0.05) is 0 Å². The van der Waals surface area contributed by atoms with Crippen LogP contribution in [0.4, 0.5) is 0 Å². The van der Waals surface area contributed by atoms with Crippen LogP contribution in [0.2, 0.25) is 0 Å². The van der Waals surface area contributed by atoms with Gasteiger partial charge in [-0.25, -0.2) is 0 Å². The number of hydrogen-bond acceptors (Lipinski definition) is 1. The van der Waals surface area contributed by atoms with Crippen LogP contribution in [0.1, 0.15) is 25.7 Å². The molecule has 1 radical (unpaired) electrons. The summed E-state index contributed by atoms with van der Waals surface area (Å²) in [4.78, 5) is 17.5. The molecule has 10 heavy (non-hydrogen) atoms. The maximum Gasteiger partial charge on any atom is 0.328 e. The quantitative estimate of drug-likeness (QED) is 0.573. The van der Waals surface area contributed by atoms with Gasteiger partial charge in [0.15, 0.2) is 0 Å². The van der Waals surface area contributed by atoms with Gasteiger partial charge in [0.25, 0.3) is 0 Å². The molecular weight excluding hydrogens is 151 g/mol. The summed E-state index contributed by atoms with van der Waals surface area (Å²) in [5.74, 6) is 0. The first-order valence-corrected chi connectivity index (χ1v) is 5.16. The normalized spacial score (nSPS) is 23.0. The SMILES string of the molecule is O=P(O)(O)C1CC[CH]CC1. The van der Waals surface area contributed by atoms with Crippen molar-refractivity contribution in [1.82, 2.24) is 0 Å². The Morgan fingerprint density at radius 3 is 2.10 bits per heavy atom. The van der Waals surface area contributed by atoms with Crippen LogP contribution in [0.25, 0.3) is 0 Å². The maximum atomic E-state index is 10.7. The van der Waals surface area contributed by atoms with E-state index in [4.69, 9.17) is 9.79 Å². The molecule has 2 N–H and O–H groups in total. The molecule has 3 nitrogen and oxygen atoms in total. The molecule has 1 saturated carbocycles. The predicted molar refractivity (Wildman–Crippen MR) is 38.6 cm³/mol. The molecule has 0 heterocycles. The molecule has 0 aromatic carbocycles. The third kappa shape index (κ3) is 2.08. The van der Waals surface area contributed by atoms with E-state index in [1.54, 1.807) is 0 Å². The summed E-state index contributed by atoms with van der Waals surface area (Å²) in [6.45, 7) is 0. The average molecular weight is 163 g/mol. The molecule has 0 spiro atoms. The second-order valence-electron chi connectivity index (χ2n) is 2.69. The Bertz CT molecular complexity index is 145. The molecule has 1 aliphatic carbocycles. The Hall–Kier alpha value is 0.150. The molecule has 0 aromatic heterocycles. The predicted octanol–water partition coefficient (Wildman–Crippen LogP) is 1.31. The van der Waals surface area contributed by atoms with E-state index in [1.807, 2.05) is 0 Å². The topological polar surface area (TPSA) is 57.5 Å². The van der Waals surface area contributed by atoms with Crippen molar-refractivity contribution in [2.45, 2.75) is 31.3 Å². The lowest BCUT2D eigenvalue weighted by atomic mass is 10.0. The fraction of sp³-hybridized carbons (Fsp3) is 0.833.